The Morgan fingerprint density at radius 2 is 1.81 bits per heavy atom. The molecule has 7 heteroatoms. The number of unbranched alkanes of at least 4 members (excludes halogenated alkanes) is 1. The summed E-state index contributed by atoms with van der Waals surface area (Å²) in [7, 11) is -3.59. The maximum atomic E-state index is 12.8. The summed E-state index contributed by atoms with van der Waals surface area (Å²) in [4.78, 5) is 0.285. The van der Waals surface area contributed by atoms with Crippen molar-refractivity contribution in [2.24, 2.45) is 5.92 Å². The third kappa shape index (κ3) is 7.45. The average molecular weight is 458 g/mol. The first-order valence-electron chi connectivity index (χ1n) is 11.4. The van der Waals surface area contributed by atoms with E-state index in [9.17, 15) is 8.42 Å². The standard InChI is InChI=1S/C25H35N3O3S/c1-3-5-6-20-7-9-25(10-8-20)32(29,30)28-19-22-12-21(13-24(14-22)31-11-4-2)15-26-16-23-17-27-18-23/h4,7-10,12-14,23,26-28H,2-3,5-6,11,15-19H2,1H3. The van der Waals surface area contributed by atoms with Crippen LogP contribution in [0.15, 0.2) is 60.0 Å². The average Bonchev–Trinajstić information content (AvgIpc) is 2.77. The number of ether oxygens (including phenoxy) is 1. The number of hydrogen-bond acceptors (Lipinski definition) is 5. The van der Waals surface area contributed by atoms with Gasteiger partial charge in [-0.15, -0.1) is 0 Å². The Balaban J connectivity index is 1.64. The van der Waals surface area contributed by atoms with E-state index >= 15 is 0 Å². The highest BCUT2D eigenvalue weighted by atomic mass is 32.2. The molecular formula is C25H35N3O3S. The van der Waals surface area contributed by atoms with Crippen molar-refractivity contribution >= 4 is 10.0 Å². The lowest BCUT2D eigenvalue weighted by molar-refractivity contribution is 0.331. The summed E-state index contributed by atoms with van der Waals surface area (Å²) in [6.45, 7) is 10.2. The van der Waals surface area contributed by atoms with Gasteiger partial charge in [0.15, 0.2) is 0 Å². The molecule has 0 aliphatic carbocycles. The van der Waals surface area contributed by atoms with Gasteiger partial charge in [-0.25, -0.2) is 13.1 Å². The number of sulfonamides is 1. The fourth-order valence-electron chi connectivity index (χ4n) is 3.56. The van der Waals surface area contributed by atoms with Crippen LogP contribution in [0.2, 0.25) is 0 Å². The van der Waals surface area contributed by atoms with E-state index in [1.165, 1.54) is 0 Å². The molecule has 0 aromatic heterocycles. The molecular weight excluding hydrogens is 422 g/mol. The third-order valence-electron chi connectivity index (χ3n) is 5.54. The van der Waals surface area contributed by atoms with Crippen LogP contribution in [0.1, 0.15) is 36.5 Å². The summed E-state index contributed by atoms with van der Waals surface area (Å²) in [5.41, 5.74) is 3.08. The minimum atomic E-state index is -3.59. The molecule has 1 saturated heterocycles. The van der Waals surface area contributed by atoms with E-state index in [2.05, 4.69) is 28.9 Å². The highest BCUT2D eigenvalue weighted by Gasteiger charge is 2.16. The smallest absolute Gasteiger partial charge is 0.240 e. The first-order valence-corrected chi connectivity index (χ1v) is 12.8. The van der Waals surface area contributed by atoms with Gasteiger partial charge in [0.1, 0.15) is 12.4 Å². The summed E-state index contributed by atoms with van der Waals surface area (Å²) in [5, 5.41) is 6.75. The van der Waals surface area contributed by atoms with Crippen molar-refractivity contribution in [3.05, 3.63) is 71.8 Å². The van der Waals surface area contributed by atoms with Crippen LogP contribution in [0.3, 0.4) is 0 Å². The summed E-state index contributed by atoms with van der Waals surface area (Å²) in [5.74, 6) is 1.39. The maximum Gasteiger partial charge on any atom is 0.240 e. The second-order valence-corrected chi connectivity index (χ2v) is 10.1. The van der Waals surface area contributed by atoms with Crippen molar-refractivity contribution in [3.63, 3.8) is 0 Å². The van der Waals surface area contributed by atoms with Gasteiger partial charge >= 0.3 is 0 Å². The van der Waals surface area contributed by atoms with Crippen molar-refractivity contribution in [2.75, 3.05) is 26.2 Å². The molecule has 174 valence electrons. The van der Waals surface area contributed by atoms with Crippen LogP contribution >= 0.6 is 0 Å². The van der Waals surface area contributed by atoms with Gasteiger partial charge in [0, 0.05) is 32.7 Å². The van der Waals surface area contributed by atoms with E-state index < -0.39 is 10.0 Å². The lowest BCUT2D eigenvalue weighted by atomic mass is 10.0. The molecule has 0 amide bonds. The van der Waals surface area contributed by atoms with E-state index in [-0.39, 0.29) is 11.4 Å². The van der Waals surface area contributed by atoms with Crippen molar-refractivity contribution in [1.82, 2.24) is 15.4 Å². The van der Waals surface area contributed by atoms with Crippen LogP contribution < -0.4 is 20.1 Å². The monoisotopic (exact) mass is 457 g/mol. The van der Waals surface area contributed by atoms with Crippen molar-refractivity contribution in [1.29, 1.82) is 0 Å². The summed E-state index contributed by atoms with van der Waals surface area (Å²) >= 11 is 0. The lowest BCUT2D eigenvalue weighted by Gasteiger charge is -2.27. The number of rotatable bonds is 14. The number of nitrogens with one attached hydrogen (secondary N) is 3. The predicted octanol–water partition coefficient (Wildman–Crippen LogP) is 3.38. The van der Waals surface area contributed by atoms with E-state index in [4.69, 9.17) is 4.74 Å². The van der Waals surface area contributed by atoms with Crippen molar-refractivity contribution < 1.29 is 13.2 Å². The Morgan fingerprint density at radius 1 is 1.09 bits per heavy atom. The molecule has 1 heterocycles. The fourth-order valence-corrected chi connectivity index (χ4v) is 4.58. The Hall–Kier alpha value is -2.19. The second kappa shape index (κ2) is 12.2. The lowest BCUT2D eigenvalue weighted by Crippen LogP contribution is -2.47. The topological polar surface area (TPSA) is 79.5 Å². The summed E-state index contributed by atoms with van der Waals surface area (Å²) in [6, 6.07) is 13.0. The Morgan fingerprint density at radius 3 is 2.44 bits per heavy atom. The molecule has 32 heavy (non-hydrogen) atoms. The largest absolute Gasteiger partial charge is 0.490 e. The van der Waals surface area contributed by atoms with E-state index in [0.29, 0.717) is 24.8 Å². The molecule has 0 saturated carbocycles. The van der Waals surface area contributed by atoms with Crippen LogP contribution in [-0.2, 0) is 29.5 Å². The molecule has 0 spiro atoms. The van der Waals surface area contributed by atoms with Crippen molar-refractivity contribution in [2.45, 2.75) is 44.2 Å². The highest BCUT2D eigenvalue weighted by Crippen LogP contribution is 2.19. The molecule has 0 unspecified atom stereocenters. The highest BCUT2D eigenvalue weighted by molar-refractivity contribution is 7.89. The molecule has 0 radical (unpaired) electrons. The molecule has 3 N–H and O–H groups in total. The Bertz CT molecular complexity index is 970. The van der Waals surface area contributed by atoms with Crippen LogP contribution in [0, 0.1) is 5.92 Å². The van der Waals surface area contributed by atoms with Gasteiger partial charge in [0.25, 0.3) is 0 Å². The fraction of sp³-hybridized carbons (Fsp3) is 0.440. The van der Waals surface area contributed by atoms with Crippen LogP contribution in [0.4, 0.5) is 0 Å². The molecule has 2 aromatic rings. The minimum absolute atomic E-state index is 0.199. The molecule has 0 bridgehead atoms. The SMILES string of the molecule is C=CCOc1cc(CNCC2CNC2)cc(CNS(=O)(=O)c2ccc(CCCC)cc2)c1. The van der Waals surface area contributed by atoms with Crippen molar-refractivity contribution in [3.8, 4) is 5.75 Å². The maximum absolute atomic E-state index is 12.8. The summed E-state index contributed by atoms with van der Waals surface area (Å²) in [6.07, 6.45) is 4.88. The minimum Gasteiger partial charge on any atom is -0.490 e. The van der Waals surface area contributed by atoms with E-state index in [1.807, 2.05) is 30.3 Å². The molecule has 2 aromatic carbocycles. The number of benzene rings is 2. The van der Waals surface area contributed by atoms with Gasteiger partial charge in [-0.2, -0.15) is 0 Å². The molecule has 3 rings (SSSR count). The second-order valence-electron chi connectivity index (χ2n) is 8.31. The van der Waals surface area contributed by atoms with Crippen LogP contribution in [-0.4, -0.2) is 34.7 Å². The van der Waals surface area contributed by atoms with E-state index in [1.54, 1.807) is 18.2 Å². The van der Waals surface area contributed by atoms with Gasteiger partial charge in [0.2, 0.25) is 10.0 Å². The third-order valence-corrected chi connectivity index (χ3v) is 6.96. The summed E-state index contributed by atoms with van der Waals surface area (Å²) < 4.78 is 34.0. The molecule has 0 atom stereocenters. The Labute approximate surface area is 192 Å². The molecule has 1 aliphatic heterocycles. The van der Waals surface area contributed by atoms with Gasteiger partial charge in [-0.3, -0.25) is 0 Å². The molecule has 1 fully saturated rings. The first-order chi connectivity index (χ1) is 15.5. The Kier molecular flexibility index (Phi) is 9.29. The van der Waals surface area contributed by atoms with Gasteiger partial charge in [-0.1, -0.05) is 44.2 Å². The first kappa shape index (κ1) is 24.5. The predicted molar refractivity (Wildman–Crippen MR) is 129 cm³/mol. The van der Waals surface area contributed by atoms with Gasteiger partial charge < -0.3 is 15.4 Å². The zero-order valence-corrected chi connectivity index (χ0v) is 19.7. The van der Waals surface area contributed by atoms with E-state index in [0.717, 1.165) is 55.6 Å². The molecule has 1 aliphatic rings. The zero-order chi connectivity index (χ0) is 22.8. The van der Waals surface area contributed by atoms with Crippen LogP contribution in [0.25, 0.3) is 0 Å². The van der Waals surface area contributed by atoms with Gasteiger partial charge in [-0.05, 0) is 59.7 Å². The molecule has 6 nitrogen and oxygen atoms in total. The van der Waals surface area contributed by atoms with Crippen LogP contribution in [0.5, 0.6) is 5.75 Å². The number of aryl methyl sites for hydroxylation is 1. The number of hydrogen-bond donors (Lipinski definition) is 3. The van der Waals surface area contributed by atoms with Gasteiger partial charge in [0.05, 0.1) is 4.90 Å². The zero-order valence-electron chi connectivity index (χ0n) is 18.9. The quantitative estimate of drug-likeness (QED) is 0.379. The normalized spacial score (nSPS) is 14.2.